The fraction of sp³-hybridized carbons (Fsp3) is 0.714. The van der Waals surface area contributed by atoms with Crippen molar-refractivity contribution >= 4 is 5.91 Å². The molecule has 1 aliphatic carbocycles. The van der Waals surface area contributed by atoms with Crippen LogP contribution in [0.25, 0.3) is 0 Å². The first-order valence-electron chi connectivity index (χ1n) is 7.12. The Kier molecular flexibility index (Phi) is 3.28. The molecule has 0 N–H and O–H groups in total. The lowest BCUT2D eigenvalue weighted by Gasteiger charge is -2.32. The Morgan fingerprint density at radius 1 is 1.60 bits per heavy atom. The predicted molar refractivity (Wildman–Crippen MR) is 70.9 cm³/mol. The maximum atomic E-state index is 14.0. The van der Waals surface area contributed by atoms with Crippen molar-refractivity contribution in [1.29, 1.82) is 0 Å². The van der Waals surface area contributed by atoms with Gasteiger partial charge in [-0.25, -0.2) is 4.39 Å². The number of aromatic nitrogens is 2. The highest BCUT2D eigenvalue weighted by atomic mass is 19.1. The minimum absolute atomic E-state index is 0.0335. The van der Waals surface area contributed by atoms with E-state index in [4.69, 9.17) is 4.74 Å². The number of hydrogen-bond donors (Lipinski definition) is 0. The summed E-state index contributed by atoms with van der Waals surface area (Å²) in [4.78, 5) is 13.8. The maximum Gasteiger partial charge on any atom is 0.260 e. The van der Waals surface area contributed by atoms with Gasteiger partial charge in [0.15, 0.2) is 5.67 Å². The molecule has 1 amide bonds. The van der Waals surface area contributed by atoms with Crippen molar-refractivity contribution in [3.63, 3.8) is 0 Å². The fourth-order valence-corrected chi connectivity index (χ4v) is 2.80. The van der Waals surface area contributed by atoms with Crippen LogP contribution >= 0.6 is 0 Å². The second kappa shape index (κ2) is 4.84. The number of alkyl halides is 1. The van der Waals surface area contributed by atoms with E-state index in [0.29, 0.717) is 39.1 Å². The Hall–Kier alpha value is -1.43. The van der Waals surface area contributed by atoms with Crippen LogP contribution in [0.2, 0.25) is 0 Å². The number of carbonyl (C=O) groups excluding carboxylic acids is 1. The molecule has 3 rings (SSSR count). The van der Waals surface area contributed by atoms with Crippen LogP contribution in [0.4, 0.5) is 4.39 Å². The number of carbonyl (C=O) groups is 1. The van der Waals surface area contributed by atoms with Crippen molar-refractivity contribution in [2.24, 2.45) is 7.05 Å². The van der Waals surface area contributed by atoms with Crippen molar-refractivity contribution in [1.82, 2.24) is 14.7 Å². The topological polar surface area (TPSA) is 47.4 Å². The molecule has 1 fully saturated rings. The van der Waals surface area contributed by atoms with Gasteiger partial charge in [0.05, 0.1) is 12.3 Å². The van der Waals surface area contributed by atoms with Crippen molar-refractivity contribution in [3.8, 4) is 0 Å². The van der Waals surface area contributed by atoms with E-state index >= 15 is 0 Å². The molecular weight excluding hydrogens is 261 g/mol. The third kappa shape index (κ3) is 2.32. The number of ether oxygens (including phenoxy) is 1. The van der Waals surface area contributed by atoms with E-state index in [9.17, 15) is 9.18 Å². The molecule has 1 unspecified atom stereocenters. The second-order valence-corrected chi connectivity index (χ2v) is 5.72. The number of aryl methyl sites for hydroxylation is 1. The van der Waals surface area contributed by atoms with E-state index in [-0.39, 0.29) is 11.8 Å². The van der Waals surface area contributed by atoms with Gasteiger partial charge in [0.2, 0.25) is 0 Å². The van der Waals surface area contributed by atoms with E-state index in [2.05, 4.69) is 5.10 Å². The van der Waals surface area contributed by atoms with Gasteiger partial charge in [-0.2, -0.15) is 5.10 Å². The van der Waals surface area contributed by atoms with Crippen molar-refractivity contribution in [2.45, 2.75) is 37.9 Å². The first-order valence-corrected chi connectivity index (χ1v) is 7.12. The Bertz CT molecular complexity index is 524. The quantitative estimate of drug-likeness (QED) is 0.838. The lowest BCUT2D eigenvalue weighted by atomic mass is 9.97. The molecule has 1 aliphatic heterocycles. The number of halogens is 1. The van der Waals surface area contributed by atoms with Crippen LogP contribution in [-0.2, 0) is 23.1 Å². The smallest absolute Gasteiger partial charge is 0.260 e. The molecule has 20 heavy (non-hydrogen) atoms. The van der Waals surface area contributed by atoms with Gasteiger partial charge in [-0.1, -0.05) is 0 Å². The minimum Gasteiger partial charge on any atom is -0.381 e. The van der Waals surface area contributed by atoms with Crippen molar-refractivity contribution in [3.05, 3.63) is 17.5 Å². The molecule has 1 saturated carbocycles. The summed E-state index contributed by atoms with van der Waals surface area (Å²) in [6.07, 6.45) is 2.63. The van der Waals surface area contributed by atoms with Gasteiger partial charge in [0.25, 0.3) is 5.91 Å². The average molecular weight is 281 g/mol. The van der Waals surface area contributed by atoms with Gasteiger partial charge in [-0.05, 0) is 19.8 Å². The van der Waals surface area contributed by atoms with Crippen LogP contribution in [0, 0.1) is 0 Å². The van der Waals surface area contributed by atoms with Gasteiger partial charge in [-0.3, -0.25) is 9.48 Å². The Morgan fingerprint density at radius 2 is 2.35 bits per heavy atom. The summed E-state index contributed by atoms with van der Waals surface area (Å²) in [7, 11) is 1.86. The summed E-state index contributed by atoms with van der Waals surface area (Å²) < 4.78 is 21.2. The molecule has 1 aromatic heterocycles. The summed E-state index contributed by atoms with van der Waals surface area (Å²) in [6.45, 7) is 4.03. The third-order valence-electron chi connectivity index (χ3n) is 4.01. The lowest BCUT2D eigenvalue weighted by Crippen LogP contribution is -2.44. The largest absolute Gasteiger partial charge is 0.381 e. The molecule has 6 heteroatoms. The molecule has 0 saturated heterocycles. The average Bonchev–Trinajstić information content (AvgIpc) is 3.05. The van der Waals surface area contributed by atoms with Gasteiger partial charge in [0, 0.05) is 44.4 Å². The third-order valence-corrected chi connectivity index (χ3v) is 4.01. The molecule has 1 atom stereocenters. The number of amides is 1. The Balaban J connectivity index is 1.82. The van der Waals surface area contributed by atoms with Gasteiger partial charge in [0.1, 0.15) is 0 Å². The van der Waals surface area contributed by atoms with Gasteiger partial charge >= 0.3 is 0 Å². The highest BCUT2D eigenvalue weighted by molar-refractivity contribution is 5.88. The molecule has 0 bridgehead atoms. The molecule has 1 aromatic rings. The van der Waals surface area contributed by atoms with E-state index in [1.54, 1.807) is 9.58 Å². The van der Waals surface area contributed by atoms with Crippen LogP contribution in [0.5, 0.6) is 0 Å². The fourth-order valence-electron chi connectivity index (χ4n) is 2.80. The van der Waals surface area contributed by atoms with E-state index < -0.39 is 5.67 Å². The molecular formula is C14H20FN3O2. The number of nitrogens with zero attached hydrogens (tertiary/aromatic N) is 3. The molecule has 110 valence electrons. The Morgan fingerprint density at radius 3 is 3.00 bits per heavy atom. The number of hydrogen-bond acceptors (Lipinski definition) is 3. The second-order valence-electron chi connectivity index (χ2n) is 5.72. The molecule has 0 aromatic carbocycles. The van der Waals surface area contributed by atoms with Crippen LogP contribution < -0.4 is 0 Å². The zero-order valence-electron chi connectivity index (χ0n) is 11.9. The van der Waals surface area contributed by atoms with E-state index in [1.807, 2.05) is 20.2 Å². The molecule has 0 spiro atoms. The monoisotopic (exact) mass is 281 g/mol. The summed E-state index contributed by atoms with van der Waals surface area (Å²) in [5.41, 5.74) is 0.380. The number of fused-ring (bicyclic) bond motifs is 1. The first kappa shape index (κ1) is 13.5. The van der Waals surface area contributed by atoms with Gasteiger partial charge < -0.3 is 9.64 Å². The van der Waals surface area contributed by atoms with E-state index in [0.717, 1.165) is 11.3 Å². The summed E-state index contributed by atoms with van der Waals surface area (Å²) in [5, 5.41) is 4.46. The van der Waals surface area contributed by atoms with Crippen LogP contribution in [0.15, 0.2) is 6.20 Å². The maximum absolute atomic E-state index is 14.0. The standard InChI is InChI=1S/C14H20FN3O2/c1-3-20-9-11-8-18(13(19)14(15)4-5-14)7-10-6-17(2)16-12(10)11/h6,11H,3-5,7-9H2,1-2H3. The normalized spacial score (nSPS) is 23.6. The number of rotatable bonds is 4. The zero-order valence-corrected chi connectivity index (χ0v) is 11.9. The summed E-state index contributed by atoms with van der Waals surface area (Å²) in [5.74, 6) is -0.334. The van der Waals surface area contributed by atoms with Crippen LogP contribution in [0.3, 0.4) is 0 Å². The van der Waals surface area contributed by atoms with Gasteiger partial charge in [-0.15, -0.1) is 0 Å². The van der Waals surface area contributed by atoms with Crippen molar-refractivity contribution in [2.75, 3.05) is 19.8 Å². The lowest BCUT2D eigenvalue weighted by molar-refractivity contribution is -0.139. The summed E-state index contributed by atoms with van der Waals surface area (Å²) in [6, 6.07) is 0. The SMILES string of the molecule is CCOCC1CN(C(=O)C2(F)CC2)Cc2cn(C)nc21. The molecule has 0 radical (unpaired) electrons. The van der Waals surface area contributed by atoms with Crippen LogP contribution in [0.1, 0.15) is 36.9 Å². The minimum atomic E-state index is -1.60. The molecule has 2 heterocycles. The molecule has 2 aliphatic rings. The highest BCUT2D eigenvalue weighted by Crippen LogP contribution is 2.42. The predicted octanol–water partition coefficient (Wildman–Crippen LogP) is 1.38. The molecule has 5 nitrogen and oxygen atoms in total. The van der Waals surface area contributed by atoms with Crippen molar-refractivity contribution < 1.29 is 13.9 Å². The Labute approximate surface area is 117 Å². The highest BCUT2D eigenvalue weighted by Gasteiger charge is 2.53. The van der Waals surface area contributed by atoms with E-state index in [1.165, 1.54) is 0 Å². The summed E-state index contributed by atoms with van der Waals surface area (Å²) >= 11 is 0. The zero-order chi connectivity index (χ0) is 14.3. The van der Waals surface area contributed by atoms with Crippen LogP contribution in [-0.4, -0.2) is 46.0 Å². The first-order chi connectivity index (χ1) is 9.53.